The molecule has 0 bridgehead atoms. The van der Waals surface area contributed by atoms with Gasteiger partial charge in [0.15, 0.2) is 0 Å². The van der Waals surface area contributed by atoms with Gasteiger partial charge in [-0.2, -0.15) is 0 Å². The first-order valence-electron chi connectivity index (χ1n) is 10.9. The lowest BCUT2D eigenvalue weighted by atomic mass is 10.0. The number of nitrogens with zero attached hydrogens (tertiary/aromatic N) is 1. The van der Waals surface area contributed by atoms with Crippen molar-refractivity contribution in [3.63, 3.8) is 0 Å². The fourth-order valence-electron chi connectivity index (χ4n) is 3.97. The first-order chi connectivity index (χ1) is 16.8. The van der Waals surface area contributed by atoms with E-state index in [4.69, 9.17) is 23.2 Å². The van der Waals surface area contributed by atoms with Gasteiger partial charge in [0.25, 0.3) is 5.91 Å². The van der Waals surface area contributed by atoms with Crippen LogP contribution >= 0.6 is 23.2 Å². The summed E-state index contributed by atoms with van der Waals surface area (Å²) in [4.78, 5) is 29.3. The van der Waals surface area contributed by atoms with Gasteiger partial charge in [0.2, 0.25) is 0 Å². The highest BCUT2D eigenvalue weighted by Gasteiger charge is 2.24. The number of rotatable bonds is 7. The monoisotopic (exact) mass is 510 g/mol. The third-order valence-electron chi connectivity index (χ3n) is 5.72. The van der Waals surface area contributed by atoms with Crippen molar-refractivity contribution < 1.29 is 19.1 Å². The molecule has 8 heteroatoms. The summed E-state index contributed by atoms with van der Waals surface area (Å²) in [6, 6.07) is 17.1. The van der Waals surface area contributed by atoms with Crippen molar-refractivity contribution in [2.75, 3.05) is 0 Å². The maximum atomic E-state index is 14.3. The fourth-order valence-corrected chi connectivity index (χ4v) is 4.51. The Hall–Kier alpha value is -3.48. The number of hydrogen-bond acceptors (Lipinski definition) is 3. The van der Waals surface area contributed by atoms with Crippen LogP contribution in [0.2, 0.25) is 10.0 Å². The zero-order valence-corrected chi connectivity index (χ0v) is 20.2. The summed E-state index contributed by atoms with van der Waals surface area (Å²) in [5.74, 6) is -2.16. The van der Waals surface area contributed by atoms with Gasteiger partial charge in [0.05, 0.1) is 32.4 Å². The summed E-state index contributed by atoms with van der Waals surface area (Å²) in [7, 11) is 0. The second kappa shape index (κ2) is 10.4. The molecule has 0 radical (unpaired) electrons. The highest BCUT2D eigenvalue weighted by atomic mass is 35.5. The van der Waals surface area contributed by atoms with E-state index in [-0.39, 0.29) is 27.6 Å². The van der Waals surface area contributed by atoms with E-state index in [2.05, 4.69) is 10.3 Å². The number of pyridine rings is 1. The molecule has 0 saturated heterocycles. The predicted molar refractivity (Wildman–Crippen MR) is 136 cm³/mol. The highest BCUT2D eigenvalue weighted by molar-refractivity contribution is 6.34. The van der Waals surface area contributed by atoms with Gasteiger partial charge in [-0.25, -0.2) is 14.2 Å². The maximum Gasteiger partial charge on any atom is 0.326 e. The molecule has 1 atom stereocenters. The molecule has 0 aliphatic carbocycles. The lowest BCUT2D eigenvalue weighted by molar-refractivity contribution is -0.139. The molecule has 2 N–H and O–H groups in total. The molecule has 4 rings (SSSR count). The molecule has 0 fully saturated rings. The van der Waals surface area contributed by atoms with E-state index < -0.39 is 23.7 Å². The molecular formula is C27H21Cl2FN2O3. The summed E-state index contributed by atoms with van der Waals surface area (Å²) in [6.45, 7) is 1.89. The number of hydrogen-bond donors (Lipinski definition) is 2. The van der Waals surface area contributed by atoms with Crippen LogP contribution in [0, 0.1) is 5.82 Å². The van der Waals surface area contributed by atoms with Gasteiger partial charge in [-0.1, -0.05) is 60.5 Å². The Morgan fingerprint density at radius 2 is 1.77 bits per heavy atom. The minimum Gasteiger partial charge on any atom is -0.480 e. The lowest BCUT2D eigenvalue weighted by Crippen LogP contribution is -2.42. The first-order valence-corrected chi connectivity index (χ1v) is 11.7. The Balaban J connectivity index is 1.59. The van der Waals surface area contributed by atoms with Crippen molar-refractivity contribution in [1.82, 2.24) is 10.3 Å². The van der Waals surface area contributed by atoms with E-state index in [1.54, 1.807) is 54.6 Å². The normalized spacial score (nSPS) is 11.9. The number of benzene rings is 3. The molecule has 0 aliphatic heterocycles. The molecule has 1 amide bonds. The number of aromatic nitrogens is 1. The number of fused-ring (bicyclic) bond motifs is 1. The molecule has 5 nitrogen and oxygen atoms in total. The SMILES string of the molecule is CCc1cccc(Cl)c1C(=O)NC(Cc1ccc2nc(-c3c(F)cccc3Cl)ccc2c1)C(=O)O. The summed E-state index contributed by atoms with van der Waals surface area (Å²) in [6.07, 6.45) is 0.641. The molecule has 0 spiro atoms. The minimum atomic E-state index is -1.16. The predicted octanol–water partition coefficient (Wildman–Crippen LogP) is 6.34. The second-order valence-corrected chi connectivity index (χ2v) is 8.83. The van der Waals surface area contributed by atoms with Crippen molar-refractivity contribution in [2.45, 2.75) is 25.8 Å². The number of carbonyl (C=O) groups excluding carboxylic acids is 1. The minimum absolute atomic E-state index is 0.0593. The largest absolute Gasteiger partial charge is 0.480 e. The van der Waals surface area contributed by atoms with Crippen molar-refractivity contribution in [3.05, 3.63) is 99.3 Å². The molecule has 4 aromatic rings. The molecule has 1 heterocycles. The highest BCUT2D eigenvalue weighted by Crippen LogP contribution is 2.30. The van der Waals surface area contributed by atoms with Gasteiger partial charge in [-0.05, 0) is 53.9 Å². The van der Waals surface area contributed by atoms with Gasteiger partial charge in [0.1, 0.15) is 11.9 Å². The molecule has 35 heavy (non-hydrogen) atoms. The first kappa shape index (κ1) is 24.6. The van der Waals surface area contributed by atoms with Crippen LogP contribution in [0.15, 0.2) is 66.7 Å². The summed E-state index contributed by atoms with van der Waals surface area (Å²) < 4.78 is 14.3. The Morgan fingerprint density at radius 3 is 2.49 bits per heavy atom. The summed E-state index contributed by atoms with van der Waals surface area (Å²) >= 11 is 12.4. The van der Waals surface area contributed by atoms with Crippen molar-refractivity contribution in [1.29, 1.82) is 0 Å². The van der Waals surface area contributed by atoms with Crippen LogP contribution in [0.4, 0.5) is 4.39 Å². The van der Waals surface area contributed by atoms with Gasteiger partial charge in [-0.15, -0.1) is 0 Å². The number of nitrogens with one attached hydrogen (secondary N) is 1. The van der Waals surface area contributed by atoms with Gasteiger partial charge < -0.3 is 10.4 Å². The van der Waals surface area contributed by atoms with E-state index in [1.807, 2.05) is 6.92 Å². The standard InChI is InChI=1S/C27H21Cl2FN2O3/c1-2-16-5-3-6-18(28)24(16)26(33)32-23(27(34)35)14-15-9-11-21-17(13-15)10-12-22(31-21)25-19(29)7-4-8-20(25)30/h3-13,23H,2,14H2,1H3,(H,32,33)(H,34,35). The molecule has 178 valence electrons. The molecule has 0 aliphatic rings. The molecule has 3 aromatic carbocycles. The number of carboxylic acid groups (broad SMARTS) is 1. The fraction of sp³-hybridized carbons (Fsp3) is 0.148. The number of aliphatic carboxylic acids is 1. The topological polar surface area (TPSA) is 79.3 Å². The van der Waals surface area contributed by atoms with Crippen LogP contribution in [0.1, 0.15) is 28.4 Å². The van der Waals surface area contributed by atoms with E-state index in [0.717, 1.165) is 10.9 Å². The third-order valence-corrected chi connectivity index (χ3v) is 6.35. The molecule has 1 aromatic heterocycles. The van der Waals surface area contributed by atoms with E-state index in [0.29, 0.717) is 23.2 Å². The summed E-state index contributed by atoms with van der Waals surface area (Å²) in [5.41, 5.74) is 2.94. The van der Waals surface area contributed by atoms with Crippen LogP contribution in [0.25, 0.3) is 22.2 Å². The average molecular weight is 511 g/mol. The van der Waals surface area contributed by atoms with E-state index in [1.165, 1.54) is 12.1 Å². The maximum absolute atomic E-state index is 14.3. The van der Waals surface area contributed by atoms with E-state index in [9.17, 15) is 19.1 Å². The number of carbonyl (C=O) groups is 2. The number of amides is 1. The Bertz CT molecular complexity index is 1420. The number of halogens is 3. The van der Waals surface area contributed by atoms with Crippen molar-refractivity contribution in [3.8, 4) is 11.3 Å². The Labute approximate surface area is 211 Å². The van der Waals surface area contributed by atoms with Crippen LogP contribution in [0.5, 0.6) is 0 Å². The number of carboxylic acids is 1. The van der Waals surface area contributed by atoms with Crippen LogP contribution in [-0.4, -0.2) is 28.0 Å². The number of aryl methyl sites for hydroxylation is 1. The van der Waals surface area contributed by atoms with Crippen molar-refractivity contribution >= 4 is 46.0 Å². The average Bonchev–Trinajstić information content (AvgIpc) is 2.83. The smallest absolute Gasteiger partial charge is 0.326 e. The van der Waals surface area contributed by atoms with Crippen LogP contribution in [-0.2, 0) is 17.6 Å². The molecule has 0 saturated carbocycles. The zero-order valence-electron chi connectivity index (χ0n) is 18.7. The van der Waals surface area contributed by atoms with Crippen LogP contribution < -0.4 is 5.32 Å². The zero-order chi connectivity index (χ0) is 25.1. The second-order valence-electron chi connectivity index (χ2n) is 8.02. The van der Waals surface area contributed by atoms with Crippen LogP contribution in [0.3, 0.4) is 0 Å². The summed E-state index contributed by atoms with van der Waals surface area (Å²) in [5, 5.41) is 13.6. The molecule has 1 unspecified atom stereocenters. The van der Waals surface area contributed by atoms with Crippen molar-refractivity contribution in [2.24, 2.45) is 0 Å². The van der Waals surface area contributed by atoms with Gasteiger partial charge in [-0.3, -0.25) is 4.79 Å². The third kappa shape index (κ3) is 5.29. The quantitative estimate of drug-likeness (QED) is 0.304. The Morgan fingerprint density at radius 1 is 1.03 bits per heavy atom. The molecular weight excluding hydrogens is 490 g/mol. The van der Waals surface area contributed by atoms with Gasteiger partial charge >= 0.3 is 5.97 Å². The Kier molecular flexibility index (Phi) is 7.34. The van der Waals surface area contributed by atoms with E-state index >= 15 is 0 Å². The van der Waals surface area contributed by atoms with Gasteiger partial charge in [0, 0.05) is 11.8 Å². The lowest BCUT2D eigenvalue weighted by Gasteiger charge is -2.17.